The van der Waals surface area contributed by atoms with Crippen molar-refractivity contribution in [2.75, 3.05) is 5.75 Å². The van der Waals surface area contributed by atoms with Crippen LogP contribution in [0.5, 0.6) is 0 Å². The molecule has 1 aliphatic rings. The molecule has 1 atom stereocenters. The first-order valence-electron chi connectivity index (χ1n) is 5.87. The SMILES string of the molecule is CC(O)CSc1ccc(CNC2CC2)cc1. The maximum absolute atomic E-state index is 9.19. The molecule has 2 nitrogen and oxygen atoms in total. The molecular weight excluding hydrogens is 218 g/mol. The molecule has 0 heterocycles. The lowest BCUT2D eigenvalue weighted by Gasteiger charge is -2.06. The predicted molar refractivity (Wildman–Crippen MR) is 68.7 cm³/mol. The summed E-state index contributed by atoms with van der Waals surface area (Å²) >= 11 is 1.70. The van der Waals surface area contributed by atoms with Crippen molar-refractivity contribution in [1.29, 1.82) is 0 Å². The lowest BCUT2D eigenvalue weighted by atomic mass is 10.2. The molecule has 1 unspecified atom stereocenters. The van der Waals surface area contributed by atoms with Crippen molar-refractivity contribution in [1.82, 2.24) is 5.32 Å². The van der Waals surface area contributed by atoms with Gasteiger partial charge in [-0.2, -0.15) is 0 Å². The highest BCUT2D eigenvalue weighted by atomic mass is 32.2. The smallest absolute Gasteiger partial charge is 0.0606 e. The molecule has 0 saturated heterocycles. The Bertz CT molecular complexity index is 294. The Morgan fingerprint density at radius 1 is 1.38 bits per heavy atom. The second kappa shape index (κ2) is 5.71. The van der Waals surface area contributed by atoms with E-state index in [1.54, 1.807) is 11.8 Å². The van der Waals surface area contributed by atoms with Gasteiger partial charge in [-0.25, -0.2) is 0 Å². The zero-order valence-electron chi connectivity index (χ0n) is 9.65. The molecule has 0 spiro atoms. The molecule has 0 aromatic heterocycles. The fourth-order valence-electron chi connectivity index (χ4n) is 1.47. The highest BCUT2D eigenvalue weighted by Crippen LogP contribution is 2.21. The fraction of sp³-hybridized carbons (Fsp3) is 0.538. The van der Waals surface area contributed by atoms with Gasteiger partial charge in [0.1, 0.15) is 0 Å². The third-order valence-corrected chi connectivity index (χ3v) is 3.84. The molecule has 0 bridgehead atoms. The molecule has 1 saturated carbocycles. The zero-order valence-corrected chi connectivity index (χ0v) is 10.5. The second-order valence-electron chi connectivity index (χ2n) is 4.46. The molecule has 16 heavy (non-hydrogen) atoms. The van der Waals surface area contributed by atoms with Crippen LogP contribution in [0.15, 0.2) is 29.2 Å². The molecule has 1 aromatic rings. The minimum Gasteiger partial charge on any atom is -0.393 e. The second-order valence-corrected chi connectivity index (χ2v) is 5.55. The van der Waals surface area contributed by atoms with Crippen LogP contribution in [-0.4, -0.2) is 23.0 Å². The minimum absolute atomic E-state index is 0.235. The van der Waals surface area contributed by atoms with Crippen LogP contribution in [-0.2, 0) is 6.54 Å². The largest absolute Gasteiger partial charge is 0.393 e. The average Bonchev–Trinajstić information content (AvgIpc) is 3.09. The zero-order chi connectivity index (χ0) is 11.4. The lowest BCUT2D eigenvalue weighted by molar-refractivity contribution is 0.220. The van der Waals surface area contributed by atoms with Gasteiger partial charge in [0.2, 0.25) is 0 Å². The Morgan fingerprint density at radius 3 is 2.62 bits per heavy atom. The molecule has 2 N–H and O–H groups in total. The van der Waals surface area contributed by atoms with E-state index in [-0.39, 0.29) is 6.10 Å². The van der Waals surface area contributed by atoms with Gasteiger partial charge in [0, 0.05) is 23.2 Å². The summed E-state index contributed by atoms with van der Waals surface area (Å²) < 4.78 is 0. The van der Waals surface area contributed by atoms with E-state index in [1.807, 2.05) is 6.92 Å². The number of nitrogens with one attached hydrogen (secondary N) is 1. The third kappa shape index (κ3) is 4.16. The number of benzene rings is 1. The number of hydrogen-bond donors (Lipinski definition) is 2. The van der Waals surface area contributed by atoms with Gasteiger partial charge in [-0.15, -0.1) is 11.8 Å². The molecule has 88 valence electrons. The van der Waals surface area contributed by atoms with Crippen molar-refractivity contribution < 1.29 is 5.11 Å². The van der Waals surface area contributed by atoms with Crippen molar-refractivity contribution in [3.05, 3.63) is 29.8 Å². The van der Waals surface area contributed by atoms with Gasteiger partial charge in [0.15, 0.2) is 0 Å². The van der Waals surface area contributed by atoms with Gasteiger partial charge in [-0.1, -0.05) is 12.1 Å². The molecule has 1 aliphatic carbocycles. The van der Waals surface area contributed by atoms with Crippen LogP contribution in [0.2, 0.25) is 0 Å². The van der Waals surface area contributed by atoms with Gasteiger partial charge < -0.3 is 10.4 Å². The number of aliphatic hydroxyl groups excluding tert-OH is 1. The summed E-state index contributed by atoms with van der Waals surface area (Å²) in [5.74, 6) is 0.764. The summed E-state index contributed by atoms with van der Waals surface area (Å²) in [4.78, 5) is 1.23. The molecule has 1 aromatic carbocycles. The highest BCUT2D eigenvalue weighted by molar-refractivity contribution is 7.99. The molecule has 3 heteroatoms. The first-order chi connectivity index (χ1) is 7.74. The van der Waals surface area contributed by atoms with E-state index in [2.05, 4.69) is 29.6 Å². The summed E-state index contributed by atoms with van der Waals surface area (Å²) in [7, 11) is 0. The van der Waals surface area contributed by atoms with Gasteiger partial charge in [0.05, 0.1) is 6.10 Å². The number of thioether (sulfide) groups is 1. The Balaban J connectivity index is 1.78. The molecule has 0 aliphatic heterocycles. The van der Waals surface area contributed by atoms with Crippen molar-refractivity contribution in [3.63, 3.8) is 0 Å². The van der Waals surface area contributed by atoms with Crippen LogP contribution in [0, 0.1) is 0 Å². The summed E-state index contributed by atoms with van der Waals surface area (Å²) in [5.41, 5.74) is 1.34. The average molecular weight is 237 g/mol. The van der Waals surface area contributed by atoms with E-state index in [1.165, 1.54) is 23.3 Å². The molecule has 0 amide bonds. The van der Waals surface area contributed by atoms with Gasteiger partial charge in [0.25, 0.3) is 0 Å². The van der Waals surface area contributed by atoms with Gasteiger partial charge >= 0.3 is 0 Å². The monoisotopic (exact) mass is 237 g/mol. The van der Waals surface area contributed by atoms with Crippen molar-refractivity contribution in [2.45, 2.75) is 43.4 Å². The molecule has 2 rings (SSSR count). The topological polar surface area (TPSA) is 32.3 Å². The molecule has 1 fully saturated rings. The van der Waals surface area contributed by atoms with Crippen LogP contribution in [0.3, 0.4) is 0 Å². The van der Waals surface area contributed by atoms with E-state index in [0.29, 0.717) is 0 Å². The minimum atomic E-state index is -0.235. The first-order valence-corrected chi connectivity index (χ1v) is 6.86. The van der Waals surface area contributed by atoms with Gasteiger partial charge in [-0.05, 0) is 37.5 Å². The van der Waals surface area contributed by atoms with E-state index in [9.17, 15) is 5.11 Å². The number of hydrogen-bond acceptors (Lipinski definition) is 3. The van der Waals surface area contributed by atoms with Gasteiger partial charge in [-0.3, -0.25) is 0 Å². The van der Waals surface area contributed by atoms with E-state index < -0.39 is 0 Å². The van der Waals surface area contributed by atoms with Crippen LogP contribution < -0.4 is 5.32 Å². The number of rotatable bonds is 6. The summed E-state index contributed by atoms with van der Waals surface area (Å²) in [6.45, 7) is 2.80. The maximum Gasteiger partial charge on any atom is 0.0606 e. The third-order valence-electron chi connectivity index (χ3n) is 2.59. The van der Waals surface area contributed by atoms with Crippen LogP contribution >= 0.6 is 11.8 Å². The predicted octanol–water partition coefficient (Wildman–Crippen LogP) is 2.41. The van der Waals surface area contributed by atoms with Crippen LogP contribution in [0.25, 0.3) is 0 Å². The van der Waals surface area contributed by atoms with Crippen molar-refractivity contribution in [3.8, 4) is 0 Å². The maximum atomic E-state index is 9.19. The fourth-order valence-corrected chi connectivity index (χ4v) is 2.23. The number of aliphatic hydroxyl groups is 1. The molecule has 0 radical (unpaired) electrons. The summed E-state index contributed by atoms with van der Waals surface area (Å²) in [6, 6.07) is 9.37. The van der Waals surface area contributed by atoms with Crippen molar-refractivity contribution >= 4 is 11.8 Å². The van der Waals surface area contributed by atoms with Crippen LogP contribution in [0.4, 0.5) is 0 Å². The van der Waals surface area contributed by atoms with E-state index in [4.69, 9.17) is 0 Å². The Labute approximate surface area is 101 Å². The summed E-state index contributed by atoms with van der Waals surface area (Å²) in [5, 5.41) is 12.7. The Kier molecular flexibility index (Phi) is 4.27. The Hall–Kier alpha value is -0.510. The highest BCUT2D eigenvalue weighted by Gasteiger charge is 2.19. The standard InChI is InChI=1S/C13H19NOS/c1-10(15)9-16-13-6-2-11(3-7-13)8-14-12-4-5-12/h2-3,6-7,10,12,14-15H,4-5,8-9H2,1H3. The van der Waals surface area contributed by atoms with E-state index in [0.717, 1.165) is 18.3 Å². The van der Waals surface area contributed by atoms with E-state index >= 15 is 0 Å². The normalized spacial score (nSPS) is 17.4. The van der Waals surface area contributed by atoms with Crippen molar-refractivity contribution in [2.24, 2.45) is 0 Å². The quantitative estimate of drug-likeness (QED) is 0.745. The Morgan fingerprint density at radius 2 is 2.06 bits per heavy atom. The molecular formula is C13H19NOS. The van der Waals surface area contributed by atoms with Crippen LogP contribution in [0.1, 0.15) is 25.3 Å². The first kappa shape index (κ1) is 12.0. The lowest BCUT2D eigenvalue weighted by Crippen LogP contribution is -2.15. The summed E-state index contributed by atoms with van der Waals surface area (Å²) in [6.07, 6.45) is 2.44.